The second-order valence-corrected chi connectivity index (χ2v) is 7.48. The number of aryl methyl sites for hydroxylation is 1. The van der Waals surface area contributed by atoms with Crippen molar-refractivity contribution in [2.45, 2.75) is 38.4 Å². The number of rotatable bonds is 5. The molecule has 0 fully saturated rings. The summed E-state index contributed by atoms with van der Waals surface area (Å²) in [6.45, 7) is 2.14. The number of nitrogens with one attached hydrogen (secondary N) is 1. The van der Waals surface area contributed by atoms with Crippen molar-refractivity contribution in [1.29, 1.82) is 5.41 Å². The number of hydrogen-bond donors (Lipinski definition) is 2. The van der Waals surface area contributed by atoms with Crippen LogP contribution in [0, 0.1) is 5.41 Å². The molecule has 26 heavy (non-hydrogen) atoms. The third kappa shape index (κ3) is 3.65. The van der Waals surface area contributed by atoms with Crippen LogP contribution in [0.15, 0.2) is 24.3 Å². The first kappa shape index (κ1) is 18.6. The number of carbonyl (C=O) groups is 1. The number of esters is 1. The highest BCUT2D eigenvalue weighted by molar-refractivity contribution is 8.13. The Morgan fingerprint density at radius 2 is 2.19 bits per heavy atom. The fraction of sp³-hybridized carbons (Fsp3) is 0.400. The predicted molar refractivity (Wildman–Crippen MR) is 109 cm³/mol. The van der Waals surface area contributed by atoms with Crippen molar-refractivity contribution in [3.05, 3.63) is 41.1 Å². The van der Waals surface area contributed by atoms with Gasteiger partial charge in [0, 0.05) is 29.4 Å². The molecule has 6 heteroatoms. The summed E-state index contributed by atoms with van der Waals surface area (Å²) >= 11 is 1.22. The van der Waals surface area contributed by atoms with Crippen molar-refractivity contribution in [3.63, 3.8) is 0 Å². The minimum absolute atomic E-state index is 0.0399. The lowest BCUT2D eigenvalue weighted by atomic mass is 9.93. The standard InChI is InChI=1S/C20H25N3O2S/c1-3-25-19(24)18-15-10-9-14(13-7-5-4-6-8-13)11-16(15)23(2)17(18)12-26-20(21)22/h7,9-11H,3-6,8,12H2,1-2H3,(H3,21,22). The number of aromatic nitrogens is 1. The van der Waals surface area contributed by atoms with Crippen molar-refractivity contribution in [1.82, 2.24) is 4.57 Å². The van der Waals surface area contributed by atoms with Crippen LogP contribution in [0.25, 0.3) is 16.5 Å². The molecule has 0 bridgehead atoms. The average Bonchev–Trinajstić information content (AvgIpc) is 2.92. The van der Waals surface area contributed by atoms with Crippen LogP contribution in [0.1, 0.15) is 54.2 Å². The maximum atomic E-state index is 12.6. The Morgan fingerprint density at radius 3 is 2.85 bits per heavy atom. The summed E-state index contributed by atoms with van der Waals surface area (Å²) in [6.07, 6.45) is 7.05. The van der Waals surface area contributed by atoms with Crippen LogP contribution in [0.3, 0.4) is 0 Å². The van der Waals surface area contributed by atoms with E-state index in [4.69, 9.17) is 15.9 Å². The molecular formula is C20H25N3O2S. The molecule has 0 atom stereocenters. The van der Waals surface area contributed by atoms with Gasteiger partial charge < -0.3 is 15.0 Å². The monoisotopic (exact) mass is 371 g/mol. The summed E-state index contributed by atoms with van der Waals surface area (Å²) in [5, 5.41) is 8.42. The molecule has 1 aromatic heterocycles. The molecule has 3 N–H and O–H groups in total. The minimum atomic E-state index is -0.318. The van der Waals surface area contributed by atoms with Crippen LogP contribution in [-0.4, -0.2) is 22.3 Å². The maximum Gasteiger partial charge on any atom is 0.340 e. The molecule has 0 unspecified atom stereocenters. The van der Waals surface area contributed by atoms with Crippen molar-refractivity contribution < 1.29 is 9.53 Å². The summed E-state index contributed by atoms with van der Waals surface area (Å²) in [4.78, 5) is 12.6. The number of ether oxygens (including phenoxy) is 1. The van der Waals surface area contributed by atoms with Crippen LogP contribution in [0.4, 0.5) is 0 Å². The zero-order valence-corrected chi connectivity index (χ0v) is 16.1. The van der Waals surface area contributed by atoms with Gasteiger partial charge in [-0.25, -0.2) is 4.79 Å². The van der Waals surface area contributed by atoms with Gasteiger partial charge in [-0.1, -0.05) is 30.0 Å². The van der Waals surface area contributed by atoms with Gasteiger partial charge in [0.1, 0.15) is 0 Å². The molecule has 0 saturated carbocycles. The van der Waals surface area contributed by atoms with Gasteiger partial charge in [-0.2, -0.15) is 0 Å². The maximum absolute atomic E-state index is 12.6. The molecule has 0 amide bonds. The summed E-state index contributed by atoms with van der Waals surface area (Å²) in [5.41, 5.74) is 10.5. The number of nitrogens with two attached hydrogens (primary N) is 1. The topological polar surface area (TPSA) is 81.1 Å². The van der Waals surface area contributed by atoms with E-state index in [1.807, 2.05) is 17.7 Å². The molecular weight excluding hydrogens is 346 g/mol. The number of benzene rings is 1. The first-order valence-electron chi connectivity index (χ1n) is 8.97. The second-order valence-electron chi connectivity index (χ2n) is 6.46. The van der Waals surface area contributed by atoms with Gasteiger partial charge >= 0.3 is 5.97 Å². The lowest BCUT2D eigenvalue weighted by Crippen LogP contribution is -2.10. The largest absolute Gasteiger partial charge is 0.462 e. The highest BCUT2D eigenvalue weighted by Gasteiger charge is 2.23. The Labute approximate surface area is 158 Å². The number of amidine groups is 1. The Kier molecular flexibility index (Phi) is 5.71. The molecule has 2 aromatic rings. The number of carbonyl (C=O) groups excluding carboxylic acids is 1. The molecule has 1 aliphatic carbocycles. The van der Waals surface area contributed by atoms with Gasteiger partial charge in [-0.3, -0.25) is 5.41 Å². The number of fused-ring (bicyclic) bond motifs is 1. The number of nitrogens with zero attached hydrogens (tertiary/aromatic N) is 1. The van der Waals surface area contributed by atoms with E-state index in [0.717, 1.165) is 29.4 Å². The van der Waals surface area contributed by atoms with Gasteiger partial charge in [0.2, 0.25) is 0 Å². The van der Waals surface area contributed by atoms with Gasteiger partial charge in [-0.15, -0.1) is 0 Å². The summed E-state index contributed by atoms with van der Waals surface area (Å²) in [7, 11) is 1.96. The molecule has 1 aliphatic rings. The van der Waals surface area contributed by atoms with Crippen molar-refractivity contribution in [2.75, 3.05) is 6.61 Å². The summed E-state index contributed by atoms with van der Waals surface area (Å²) in [6, 6.07) is 6.29. The molecule has 0 radical (unpaired) electrons. The first-order chi connectivity index (χ1) is 12.5. The van der Waals surface area contributed by atoms with E-state index in [9.17, 15) is 4.79 Å². The fourth-order valence-corrected chi connectivity index (χ4v) is 4.17. The van der Waals surface area contributed by atoms with E-state index in [-0.39, 0.29) is 11.1 Å². The zero-order valence-electron chi connectivity index (χ0n) is 15.3. The Morgan fingerprint density at radius 1 is 1.38 bits per heavy atom. The molecule has 0 aliphatic heterocycles. The predicted octanol–water partition coefficient (Wildman–Crippen LogP) is 4.44. The average molecular weight is 372 g/mol. The van der Waals surface area contributed by atoms with Crippen molar-refractivity contribution in [2.24, 2.45) is 12.8 Å². The zero-order chi connectivity index (χ0) is 18.7. The third-order valence-electron chi connectivity index (χ3n) is 4.83. The van der Waals surface area contributed by atoms with E-state index in [1.54, 1.807) is 6.92 Å². The smallest absolute Gasteiger partial charge is 0.340 e. The molecule has 1 aromatic carbocycles. The van der Waals surface area contributed by atoms with Gasteiger partial charge in [0.15, 0.2) is 5.17 Å². The molecule has 138 valence electrons. The van der Waals surface area contributed by atoms with Gasteiger partial charge in [0.05, 0.1) is 12.2 Å². The van der Waals surface area contributed by atoms with Crippen LogP contribution in [0.5, 0.6) is 0 Å². The number of thioether (sulfide) groups is 1. The van der Waals surface area contributed by atoms with E-state index >= 15 is 0 Å². The Bertz CT molecular complexity index is 883. The van der Waals surface area contributed by atoms with Crippen molar-refractivity contribution in [3.8, 4) is 0 Å². The molecule has 3 rings (SSSR count). The molecule has 0 saturated heterocycles. The quantitative estimate of drug-likeness (QED) is 0.462. The van der Waals surface area contributed by atoms with E-state index in [1.165, 1.54) is 35.7 Å². The van der Waals surface area contributed by atoms with Crippen LogP contribution >= 0.6 is 11.8 Å². The third-order valence-corrected chi connectivity index (χ3v) is 5.56. The van der Waals surface area contributed by atoms with Crippen LogP contribution in [-0.2, 0) is 17.5 Å². The van der Waals surface area contributed by atoms with Crippen LogP contribution in [0.2, 0.25) is 0 Å². The number of hydrogen-bond acceptors (Lipinski definition) is 4. The molecule has 5 nitrogen and oxygen atoms in total. The summed E-state index contributed by atoms with van der Waals surface area (Å²) in [5.74, 6) is 0.147. The van der Waals surface area contributed by atoms with Gasteiger partial charge in [-0.05, 0) is 49.8 Å². The Hall–Kier alpha value is -2.21. The molecule has 0 spiro atoms. The van der Waals surface area contributed by atoms with Crippen LogP contribution < -0.4 is 5.73 Å². The molecule has 1 heterocycles. The van der Waals surface area contributed by atoms with E-state index in [0.29, 0.717) is 17.9 Å². The van der Waals surface area contributed by atoms with E-state index < -0.39 is 0 Å². The van der Waals surface area contributed by atoms with E-state index in [2.05, 4.69) is 18.2 Å². The number of allylic oxidation sites excluding steroid dienone is 2. The second kappa shape index (κ2) is 7.99. The highest BCUT2D eigenvalue weighted by Crippen LogP contribution is 2.33. The summed E-state index contributed by atoms with van der Waals surface area (Å²) < 4.78 is 7.32. The lowest BCUT2D eigenvalue weighted by Gasteiger charge is -2.13. The first-order valence-corrected chi connectivity index (χ1v) is 9.96. The fourth-order valence-electron chi connectivity index (χ4n) is 3.54. The SMILES string of the molecule is CCOC(=O)c1c(CSC(=N)N)n(C)c2cc(C3=CCCCC3)ccc12. The Balaban J connectivity index is 2.11. The highest BCUT2D eigenvalue weighted by atomic mass is 32.2. The lowest BCUT2D eigenvalue weighted by molar-refractivity contribution is 0.0527. The van der Waals surface area contributed by atoms with Gasteiger partial charge in [0.25, 0.3) is 0 Å². The van der Waals surface area contributed by atoms with Crippen molar-refractivity contribution >= 4 is 39.4 Å². The minimum Gasteiger partial charge on any atom is -0.462 e. The normalized spacial score (nSPS) is 14.3.